The summed E-state index contributed by atoms with van der Waals surface area (Å²) < 4.78 is 5.15. The second-order valence-corrected chi connectivity index (χ2v) is 6.42. The molecular formula is C22H20ClNO2. The molecule has 0 spiro atoms. The van der Waals surface area contributed by atoms with Crippen LogP contribution in [0.2, 0.25) is 5.02 Å². The fourth-order valence-electron chi connectivity index (χ4n) is 2.80. The van der Waals surface area contributed by atoms with Crippen LogP contribution in [0.3, 0.4) is 0 Å². The molecule has 4 heteroatoms. The fraction of sp³-hybridized carbons (Fsp3) is 0.136. The van der Waals surface area contributed by atoms with E-state index in [-0.39, 0.29) is 11.9 Å². The quantitative estimate of drug-likeness (QED) is 0.681. The predicted molar refractivity (Wildman–Crippen MR) is 105 cm³/mol. The average Bonchev–Trinajstić information content (AvgIpc) is 2.68. The molecule has 0 fully saturated rings. The lowest BCUT2D eigenvalue weighted by Crippen LogP contribution is -2.30. The van der Waals surface area contributed by atoms with Gasteiger partial charge in [0.2, 0.25) is 5.91 Å². The van der Waals surface area contributed by atoms with Crippen LogP contribution in [0.15, 0.2) is 78.9 Å². The van der Waals surface area contributed by atoms with Gasteiger partial charge < -0.3 is 10.1 Å². The number of nitrogens with one attached hydrogen (secondary N) is 1. The van der Waals surface area contributed by atoms with Crippen molar-refractivity contribution in [1.82, 2.24) is 5.32 Å². The van der Waals surface area contributed by atoms with Crippen LogP contribution < -0.4 is 10.1 Å². The van der Waals surface area contributed by atoms with Crippen molar-refractivity contribution in [3.05, 3.63) is 101 Å². The van der Waals surface area contributed by atoms with Crippen molar-refractivity contribution in [3.63, 3.8) is 0 Å². The Balaban J connectivity index is 1.78. The fourth-order valence-corrected chi connectivity index (χ4v) is 2.93. The number of carbonyl (C=O) groups is 1. The monoisotopic (exact) mass is 365 g/mol. The molecule has 3 rings (SSSR count). The Hall–Kier alpha value is -2.78. The number of methoxy groups -OCH3 is 1. The summed E-state index contributed by atoms with van der Waals surface area (Å²) >= 11 is 6.00. The number of benzene rings is 3. The molecule has 0 aromatic heterocycles. The summed E-state index contributed by atoms with van der Waals surface area (Å²) in [6, 6.07) is 24.7. The first-order valence-electron chi connectivity index (χ1n) is 8.38. The molecule has 3 aromatic rings. The second-order valence-electron chi connectivity index (χ2n) is 5.99. The zero-order chi connectivity index (χ0) is 18.4. The van der Waals surface area contributed by atoms with E-state index in [1.54, 1.807) is 7.11 Å². The summed E-state index contributed by atoms with van der Waals surface area (Å²) in [5, 5.41) is 3.80. The van der Waals surface area contributed by atoms with Gasteiger partial charge in [-0.25, -0.2) is 0 Å². The lowest BCUT2D eigenvalue weighted by Gasteiger charge is -2.20. The third-order valence-corrected chi connectivity index (χ3v) is 4.42. The average molecular weight is 366 g/mol. The molecule has 3 nitrogen and oxygen atoms in total. The molecule has 0 aliphatic heterocycles. The van der Waals surface area contributed by atoms with Crippen LogP contribution >= 0.6 is 11.6 Å². The van der Waals surface area contributed by atoms with Crippen LogP contribution in [0.1, 0.15) is 22.7 Å². The van der Waals surface area contributed by atoms with Crippen molar-refractivity contribution in [2.75, 3.05) is 7.11 Å². The normalized spacial score (nSPS) is 11.6. The molecular weight excluding hydrogens is 346 g/mol. The van der Waals surface area contributed by atoms with Crippen molar-refractivity contribution < 1.29 is 9.53 Å². The van der Waals surface area contributed by atoms with E-state index < -0.39 is 0 Å². The van der Waals surface area contributed by atoms with E-state index in [4.69, 9.17) is 16.3 Å². The van der Waals surface area contributed by atoms with E-state index in [1.165, 1.54) is 0 Å². The summed E-state index contributed by atoms with van der Waals surface area (Å²) in [5.41, 5.74) is 2.95. The Bertz CT molecular complexity index is 846. The summed E-state index contributed by atoms with van der Waals surface area (Å²) in [6.45, 7) is 0. The van der Waals surface area contributed by atoms with E-state index >= 15 is 0 Å². The van der Waals surface area contributed by atoms with Gasteiger partial charge in [-0.1, -0.05) is 66.2 Å². The van der Waals surface area contributed by atoms with Gasteiger partial charge in [-0.3, -0.25) is 4.79 Å². The standard InChI is InChI=1S/C22H20ClNO2/c1-26-20-13-7-16(8-14-20)15-21(25)24-22(17-5-3-2-4-6-17)18-9-11-19(23)12-10-18/h2-14,22H,15H2,1H3,(H,24,25)/t22-/m0/s1. The lowest BCUT2D eigenvalue weighted by atomic mass is 9.98. The number of rotatable bonds is 6. The maximum atomic E-state index is 12.6. The van der Waals surface area contributed by atoms with Gasteiger partial charge in [0.05, 0.1) is 19.6 Å². The molecule has 0 aliphatic carbocycles. The molecule has 1 amide bonds. The summed E-state index contributed by atoms with van der Waals surface area (Å²) in [5.74, 6) is 0.733. The molecule has 0 heterocycles. The van der Waals surface area contributed by atoms with Crippen molar-refractivity contribution in [2.24, 2.45) is 0 Å². The number of halogens is 1. The maximum Gasteiger partial charge on any atom is 0.225 e. The number of amides is 1. The minimum absolute atomic E-state index is 0.0426. The van der Waals surface area contributed by atoms with Gasteiger partial charge in [0.1, 0.15) is 5.75 Å². The number of ether oxygens (including phenoxy) is 1. The van der Waals surface area contributed by atoms with Crippen LogP contribution in [-0.4, -0.2) is 13.0 Å². The second kappa shape index (κ2) is 8.54. The van der Waals surface area contributed by atoms with E-state index in [0.29, 0.717) is 11.4 Å². The van der Waals surface area contributed by atoms with Gasteiger partial charge in [-0.15, -0.1) is 0 Å². The number of hydrogen-bond acceptors (Lipinski definition) is 2. The Morgan fingerprint density at radius 1 is 0.923 bits per heavy atom. The third kappa shape index (κ3) is 4.64. The number of carbonyl (C=O) groups excluding carboxylic acids is 1. The van der Waals surface area contributed by atoms with E-state index in [2.05, 4.69) is 5.32 Å². The zero-order valence-corrected chi connectivity index (χ0v) is 15.2. The molecule has 0 bridgehead atoms. The lowest BCUT2D eigenvalue weighted by molar-refractivity contribution is -0.120. The molecule has 0 aliphatic rings. The Morgan fingerprint density at radius 2 is 1.54 bits per heavy atom. The van der Waals surface area contributed by atoms with Gasteiger partial charge in [0, 0.05) is 5.02 Å². The minimum Gasteiger partial charge on any atom is -0.497 e. The van der Waals surface area contributed by atoms with Crippen molar-refractivity contribution >= 4 is 17.5 Å². The molecule has 1 N–H and O–H groups in total. The molecule has 3 aromatic carbocycles. The highest BCUT2D eigenvalue weighted by molar-refractivity contribution is 6.30. The molecule has 1 atom stereocenters. The summed E-state index contributed by atoms with van der Waals surface area (Å²) in [7, 11) is 1.62. The molecule has 0 radical (unpaired) electrons. The topological polar surface area (TPSA) is 38.3 Å². The molecule has 0 unspecified atom stereocenters. The molecule has 0 saturated carbocycles. The maximum absolute atomic E-state index is 12.6. The van der Waals surface area contributed by atoms with Crippen LogP contribution in [0, 0.1) is 0 Å². The first-order chi connectivity index (χ1) is 12.7. The minimum atomic E-state index is -0.223. The predicted octanol–water partition coefficient (Wildman–Crippen LogP) is 4.80. The van der Waals surface area contributed by atoms with Crippen LogP contribution in [-0.2, 0) is 11.2 Å². The SMILES string of the molecule is COc1ccc(CC(=O)N[C@@H](c2ccccc2)c2ccc(Cl)cc2)cc1. The van der Waals surface area contributed by atoms with Gasteiger partial charge in [-0.2, -0.15) is 0 Å². The van der Waals surface area contributed by atoms with Crippen molar-refractivity contribution in [2.45, 2.75) is 12.5 Å². The largest absolute Gasteiger partial charge is 0.497 e. The van der Waals surface area contributed by atoms with E-state index in [1.807, 2.05) is 78.9 Å². The van der Waals surface area contributed by atoms with Gasteiger partial charge >= 0.3 is 0 Å². The van der Waals surface area contributed by atoms with Crippen LogP contribution in [0.4, 0.5) is 0 Å². The smallest absolute Gasteiger partial charge is 0.225 e. The van der Waals surface area contributed by atoms with Crippen molar-refractivity contribution in [3.8, 4) is 5.75 Å². The highest BCUT2D eigenvalue weighted by Crippen LogP contribution is 2.24. The Labute approximate surface area is 158 Å². The third-order valence-electron chi connectivity index (χ3n) is 4.17. The zero-order valence-electron chi connectivity index (χ0n) is 14.5. The Kier molecular flexibility index (Phi) is 5.92. The highest BCUT2D eigenvalue weighted by Gasteiger charge is 2.17. The van der Waals surface area contributed by atoms with E-state index in [0.717, 1.165) is 22.4 Å². The Morgan fingerprint density at radius 3 is 2.15 bits per heavy atom. The van der Waals surface area contributed by atoms with Crippen LogP contribution in [0.5, 0.6) is 5.75 Å². The van der Waals surface area contributed by atoms with Gasteiger partial charge in [0.15, 0.2) is 0 Å². The first-order valence-corrected chi connectivity index (χ1v) is 8.76. The molecule has 0 saturated heterocycles. The van der Waals surface area contributed by atoms with Crippen molar-refractivity contribution in [1.29, 1.82) is 0 Å². The van der Waals surface area contributed by atoms with Crippen LogP contribution in [0.25, 0.3) is 0 Å². The number of hydrogen-bond donors (Lipinski definition) is 1. The molecule has 26 heavy (non-hydrogen) atoms. The summed E-state index contributed by atoms with van der Waals surface area (Å²) in [4.78, 5) is 12.6. The summed E-state index contributed by atoms with van der Waals surface area (Å²) in [6.07, 6.45) is 0.306. The molecule has 132 valence electrons. The van der Waals surface area contributed by atoms with Gasteiger partial charge in [0.25, 0.3) is 0 Å². The van der Waals surface area contributed by atoms with Gasteiger partial charge in [-0.05, 0) is 41.0 Å². The van der Waals surface area contributed by atoms with E-state index in [9.17, 15) is 4.79 Å². The first kappa shape index (κ1) is 18.0. The highest BCUT2D eigenvalue weighted by atomic mass is 35.5.